The number of hydroxylamine groups is 2. The van der Waals surface area contributed by atoms with Crippen LogP contribution < -0.4 is 0 Å². The summed E-state index contributed by atoms with van der Waals surface area (Å²) in [5, 5.41) is 1.39. The minimum absolute atomic E-state index is 0.00296. The van der Waals surface area contributed by atoms with Crippen LogP contribution in [0.2, 0.25) is 0 Å². The predicted octanol–water partition coefficient (Wildman–Crippen LogP) is 2.23. The molecule has 1 heterocycles. The molecule has 3 nitrogen and oxygen atoms in total. The monoisotopic (exact) mass is 253 g/mol. The van der Waals surface area contributed by atoms with Crippen LogP contribution in [0.25, 0.3) is 0 Å². The molecule has 0 aromatic heterocycles. The molecule has 1 aliphatic heterocycles. The van der Waals surface area contributed by atoms with E-state index in [9.17, 15) is 13.6 Å². The normalized spacial score (nSPS) is 26.4. The molecule has 0 spiro atoms. The van der Waals surface area contributed by atoms with Gasteiger partial charge in [-0.3, -0.25) is 9.63 Å². The van der Waals surface area contributed by atoms with Gasteiger partial charge < -0.3 is 0 Å². The molecule has 0 N–H and O–H groups in total. The third kappa shape index (κ3) is 1.99. The SMILES string of the molecule is O=C([C@H]1C[C@@H]1c1ccc(F)c(F)c1)N1CCCO1. The van der Waals surface area contributed by atoms with Crippen molar-refractivity contribution in [2.24, 2.45) is 5.92 Å². The summed E-state index contributed by atoms with van der Waals surface area (Å²) in [6, 6.07) is 3.83. The maximum Gasteiger partial charge on any atom is 0.249 e. The molecule has 96 valence electrons. The summed E-state index contributed by atoms with van der Waals surface area (Å²) in [5.74, 6) is -1.90. The van der Waals surface area contributed by atoms with Crippen LogP contribution in [-0.4, -0.2) is 24.1 Å². The number of hydrogen-bond acceptors (Lipinski definition) is 2. The first-order valence-electron chi connectivity index (χ1n) is 6.06. The average molecular weight is 253 g/mol. The van der Waals surface area contributed by atoms with Crippen LogP contribution in [0.15, 0.2) is 18.2 Å². The lowest BCUT2D eigenvalue weighted by Gasteiger charge is -2.13. The molecule has 0 radical (unpaired) electrons. The first kappa shape index (κ1) is 11.6. The van der Waals surface area contributed by atoms with E-state index in [1.165, 1.54) is 11.1 Å². The molecule has 3 rings (SSSR count). The van der Waals surface area contributed by atoms with Gasteiger partial charge in [0.2, 0.25) is 5.91 Å². The number of amides is 1. The largest absolute Gasteiger partial charge is 0.272 e. The van der Waals surface area contributed by atoms with E-state index in [0.29, 0.717) is 25.1 Å². The zero-order chi connectivity index (χ0) is 12.7. The van der Waals surface area contributed by atoms with Crippen molar-refractivity contribution in [3.63, 3.8) is 0 Å². The molecule has 1 amide bonds. The zero-order valence-electron chi connectivity index (χ0n) is 9.73. The quantitative estimate of drug-likeness (QED) is 0.809. The lowest BCUT2D eigenvalue weighted by atomic mass is 10.1. The number of carbonyl (C=O) groups is 1. The highest BCUT2D eigenvalue weighted by Crippen LogP contribution is 2.48. The van der Waals surface area contributed by atoms with Crippen molar-refractivity contribution in [2.75, 3.05) is 13.2 Å². The Morgan fingerprint density at radius 1 is 1.33 bits per heavy atom. The third-order valence-corrected chi connectivity index (χ3v) is 3.48. The molecule has 0 bridgehead atoms. The fourth-order valence-electron chi connectivity index (χ4n) is 2.39. The number of rotatable bonds is 2. The molecule has 2 fully saturated rings. The Labute approximate surface area is 103 Å². The Bertz CT molecular complexity index is 486. The lowest BCUT2D eigenvalue weighted by Crippen LogP contribution is -2.28. The van der Waals surface area contributed by atoms with Gasteiger partial charge in [0.25, 0.3) is 0 Å². The maximum absolute atomic E-state index is 13.1. The topological polar surface area (TPSA) is 29.5 Å². The van der Waals surface area contributed by atoms with Crippen LogP contribution in [0.5, 0.6) is 0 Å². The molecule has 1 saturated carbocycles. The fourth-order valence-corrected chi connectivity index (χ4v) is 2.39. The van der Waals surface area contributed by atoms with Crippen molar-refractivity contribution in [1.82, 2.24) is 5.06 Å². The van der Waals surface area contributed by atoms with Crippen molar-refractivity contribution in [3.05, 3.63) is 35.4 Å². The van der Waals surface area contributed by atoms with E-state index in [1.807, 2.05) is 0 Å². The summed E-state index contributed by atoms with van der Waals surface area (Å²) in [4.78, 5) is 17.2. The summed E-state index contributed by atoms with van der Waals surface area (Å²) in [5.41, 5.74) is 0.687. The summed E-state index contributed by atoms with van der Waals surface area (Å²) >= 11 is 0. The number of hydrogen-bond donors (Lipinski definition) is 0. The Morgan fingerprint density at radius 2 is 2.17 bits per heavy atom. The second kappa shape index (κ2) is 4.31. The van der Waals surface area contributed by atoms with Gasteiger partial charge in [-0.15, -0.1) is 0 Å². The van der Waals surface area contributed by atoms with Gasteiger partial charge in [-0.25, -0.2) is 13.8 Å². The third-order valence-electron chi connectivity index (χ3n) is 3.48. The van der Waals surface area contributed by atoms with Crippen molar-refractivity contribution >= 4 is 5.91 Å². The molecule has 18 heavy (non-hydrogen) atoms. The van der Waals surface area contributed by atoms with E-state index >= 15 is 0 Å². The summed E-state index contributed by atoms with van der Waals surface area (Å²) in [7, 11) is 0. The Balaban J connectivity index is 1.69. The van der Waals surface area contributed by atoms with Gasteiger partial charge in [0, 0.05) is 5.92 Å². The lowest BCUT2D eigenvalue weighted by molar-refractivity contribution is -0.170. The Hall–Kier alpha value is -1.49. The van der Waals surface area contributed by atoms with Gasteiger partial charge in [-0.1, -0.05) is 6.07 Å². The Morgan fingerprint density at radius 3 is 2.83 bits per heavy atom. The van der Waals surface area contributed by atoms with Crippen LogP contribution in [0.1, 0.15) is 24.3 Å². The number of carbonyl (C=O) groups excluding carboxylic acids is 1. The van der Waals surface area contributed by atoms with Gasteiger partial charge in [0.15, 0.2) is 11.6 Å². The fraction of sp³-hybridized carbons (Fsp3) is 0.462. The predicted molar refractivity (Wildman–Crippen MR) is 59.5 cm³/mol. The van der Waals surface area contributed by atoms with Gasteiger partial charge in [-0.2, -0.15) is 0 Å². The second-order valence-electron chi connectivity index (χ2n) is 4.75. The minimum atomic E-state index is -0.858. The van der Waals surface area contributed by atoms with Crippen molar-refractivity contribution in [3.8, 4) is 0 Å². The van der Waals surface area contributed by atoms with Crippen LogP contribution in [0, 0.1) is 17.6 Å². The van der Waals surface area contributed by atoms with Crippen LogP contribution in [-0.2, 0) is 9.63 Å². The van der Waals surface area contributed by atoms with E-state index in [0.717, 1.165) is 12.5 Å². The van der Waals surface area contributed by atoms with Crippen molar-refractivity contribution in [1.29, 1.82) is 0 Å². The molecule has 1 aliphatic carbocycles. The standard InChI is InChI=1S/C13H13F2NO2/c14-11-3-2-8(6-12(11)15)9-7-10(9)13(17)16-4-1-5-18-16/h2-3,6,9-10H,1,4-5,7H2/t9-,10+/m1/s1. The van der Waals surface area contributed by atoms with Crippen LogP contribution >= 0.6 is 0 Å². The molecule has 0 unspecified atom stereocenters. The molecule has 2 aliphatic rings. The number of nitrogens with zero attached hydrogens (tertiary/aromatic N) is 1. The van der Waals surface area contributed by atoms with Gasteiger partial charge in [0.1, 0.15) is 0 Å². The molecule has 5 heteroatoms. The summed E-state index contributed by atoms with van der Waals surface area (Å²) in [6.07, 6.45) is 1.54. The zero-order valence-corrected chi connectivity index (χ0v) is 9.73. The molecule has 1 aromatic carbocycles. The summed E-state index contributed by atoms with van der Waals surface area (Å²) in [6.45, 7) is 1.20. The molecular weight excluding hydrogens is 240 g/mol. The van der Waals surface area contributed by atoms with Crippen LogP contribution in [0.4, 0.5) is 8.78 Å². The summed E-state index contributed by atoms with van der Waals surface area (Å²) < 4.78 is 25.9. The van der Waals surface area contributed by atoms with E-state index in [2.05, 4.69) is 0 Å². The van der Waals surface area contributed by atoms with E-state index < -0.39 is 11.6 Å². The highest BCUT2D eigenvalue weighted by Gasteiger charge is 2.46. The van der Waals surface area contributed by atoms with E-state index in [4.69, 9.17) is 4.84 Å². The van der Waals surface area contributed by atoms with Crippen molar-refractivity contribution in [2.45, 2.75) is 18.8 Å². The van der Waals surface area contributed by atoms with Gasteiger partial charge in [-0.05, 0) is 36.5 Å². The maximum atomic E-state index is 13.1. The van der Waals surface area contributed by atoms with Gasteiger partial charge >= 0.3 is 0 Å². The van der Waals surface area contributed by atoms with Gasteiger partial charge in [0.05, 0.1) is 13.2 Å². The number of halogens is 2. The first-order valence-corrected chi connectivity index (χ1v) is 6.06. The second-order valence-corrected chi connectivity index (χ2v) is 4.75. The molecule has 1 saturated heterocycles. The average Bonchev–Trinajstić information content (AvgIpc) is 2.97. The smallest absolute Gasteiger partial charge is 0.249 e. The molecular formula is C13H13F2NO2. The van der Waals surface area contributed by atoms with E-state index in [1.54, 1.807) is 6.07 Å². The highest BCUT2D eigenvalue weighted by molar-refractivity contribution is 5.82. The Kier molecular flexibility index (Phi) is 2.78. The van der Waals surface area contributed by atoms with E-state index in [-0.39, 0.29) is 17.7 Å². The van der Waals surface area contributed by atoms with Crippen molar-refractivity contribution < 1.29 is 18.4 Å². The number of benzene rings is 1. The van der Waals surface area contributed by atoms with Crippen LogP contribution in [0.3, 0.4) is 0 Å². The first-order chi connectivity index (χ1) is 8.66. The molecule has 1 aromatic rings. The minimum Gasteiger partial charge on any atom is -0.272 e. The highest BCUT2D eigenvalue weighted by atomic mass is 19.2. The molecule has 2 atom stereocenters.